The number of ether oxygens (including phenoxy) is 3. The summed E-state index contributed by atoms with van der Waals surface area (Å²) in [6, 6.07) is 20.2. The van der Waals surface area contributed by atoms with E-state index in [1.807, 2.05) is 36.4 Å². The van der Waals surface area contributed by atoms with Crippen LogP contribution in [0.25, 0.3) is 28.2 Å². The minimum Gasteiger partial charge on any atom is -0.497 e. The van der Waals surface area contributed by atoms with Crippen molar-refractivity contribution in [1.29, 1.82) is 0 Å². The number of hydrogen-bond acceptors (Lipinski definition) is 8. The van der Waals surface area contributed by atoms with Crippen molar-refractivity contribution in [2.24, 2.45) is 5.73 Å². The first-order chi connectivity index (χ1) is 24.3. The maximum absolute atomic E-state index is 12.0. The van der Waals surface area contributed by atoms with E-state index in [1.54, 1.807) is 7.11 Å². The van der Waals surface area contributed by atoms with Crippen LogP contribution in [0.3, 0.4) is 0 Å². The third-order valence-electron chi connectivity index (χ3n) is 9.98. The molecule has 9 nitrogen and oxygen atoms in total. The fourth-order valence-corrected chi connectivity index (χ4v) is 7.20. The average molecular weight is 679 g/mol. The number of carbonyl (C=O) groups excluding carboxylic acids is 4. The summed E-state index contributed by atoms with van der Waals surface area (Å²) in [6.45, 7) is 3.93. The maximum atomic E-state index is 12.0. The van der Waals surface area contributed by atoms with Gasteiger partial charge in [0.25, 0.3) is 6.47 Å². The summed E-state index contributed by atoms with van der Waals surface area (Å²) in [7, 11) is 1.68. The van der Waals surface area contributed by atoms with E-state index < -0.39 is 5.54 Å². The molecule has 0 radical (unpaired) electrons. The first-order valence-corrected chi connectivity index (χ1v) is 17.5. The van der Waals surface area contributed by atoms with Crippen LogP contribution < -0.4 is 19.9 Å². The van der Waals surface area contributed by atoms with Crippen LogP contribution in [0, 0.1) is 0 Å². The van der Waals surface area contributed by atoms with Crippen molar-refractivity contribution in [2.75, 3.05) is 13.7 Å². The first kappa shape index (κ1) is 36.3. The zero-order valence-corrected chi connectivity index (χ0v) is 29.0. The number of methoxy groups -OCH3 is 1. The van der Waals surface area contributed by atoms with Gasteiger partial charge in [0.2, 0.25) is 0 Å². The van der Waals surface area contributed by atoms with Crippen LogP contribution in [-0.4, -0.2) is 42.2 Å². The van der Waals surface area contributed by atoms with E-state index in [1.165, 1.54) is 54.3 Å². The molecule has 4 aromatic rings. The number of fused-ring (bicyclic) bond motifs is 5. The van der Waals surface area contributed by atoms with Crippen LogP contribution in [0.15, 0.2) is 66.7 Å². The molecule has 0 spiro atoms. The molecule has 0 saturated heterocycles. The minimum absolute atomic E-state index is 0.186. The molecule has 7 rings (SSSR count). The number of aromatic nitrogens is 1. The number of allylic oxidation sites excluding steroid dienone is 1. The Morgan fingerprint density at radius 3 is 2.36 bits per heavy atom. The molecular formula is C41H46N2O7. The number of rotatable bonds is 9. The molecule has 50 heavy (non-hydrogen) atoms. The van der Waals surface area contributed by atoms with Crippen molar-refractivity contribution in [3.05, 3.63) is 83.4 Å². The van der Waals surface area contributed by atoms with E-state index in [0.29, 0.717) is 31.2 Å². The standard InChI is InChI=1S/C24H25NO4.C16H21NO.CO2/c1-27-17-7-10-20-22(14-17)28-12-11-25-21-13-18(29-15-26)8-9-19(21)23(24(20)25)16-5-3-2-4-6-16;1-2-3-5-13-6-8-14(9-7-13)12-15(18)16(17)10-4-11-16;2-1-3/h7-10,13-16H,2-6,11-12H2,1H3;3,5-9H,2,4,10-12,17H2,1H3;/b;5-3+;. The number of carbonyl (C=O) groups is 2. The Kier molecular flexibility index (Phi) is 12.4. The van der Waals surface area contributed by atoms with Crippen molar-refractivity contribution in [3.63, 3.8) is 0 Å². The van der Waals surface area contributed by atoms with Crippen LogP contribution in [0.4, 0.5) is 0 Å². The first-order valence-electron chi connectivity index (χ1n) is 17.5. The Bertz CT molecular complexity index is 1840. The average Bonchev–Trinajstić information content (AvgIpc) is 3.32. The summed E-state index contributed by atoms with van der Waals surface area (Å²) in [5.74, 6) is 2.96. The summed E-state index contributed by atoms with van der Waals surface area (Å²) in [6.07, 6.45) is 15.1. The number of benzene rings is 3. The molecule has 1 aliphatic heterocycles. The molecule has 0 bridgehead atoms. The van der Waals surface area contributed by atoms with Crippen molar-refractivity contribution in [1.82, 2.24) is 4.57 Å². The lowest BCUT2D eigenvalue weighted by Crippen LogP contribution is -2.54. The van der Waals surface area contributed by atoms with Gasteiger partial charge in [-0.1, -0.05) is 62.6 Å². The van der Waals surface area contributed by atoms with Gasteiger partial charge in [0.1, 0.15) is 23.9 Å². The molecule has 2 aliphatic carbocycles. The lowest BCUT2D eigenvalue weighted by Gasteiger charge is -2.36. The predicted molar refractivity (Wildman–Crippen MR) is 192 cm³/mol. The van der Waals surface area contributed by atoms with Crippen LogP contribution in [0.1, 0.15) is 87.3 Å². The van der Waals surface area contributed by atoms with Gasteiger partial charge in [0, 0.05) is 29.5 Å². The molecule has 0 amide bonds. The van der Waals surface area contributed by atoms with E-state index in [-0.39, 0.29) is 11.9 Å². The molecule has 2 N–H and O–H groups in total. The fourth-order valence-electron chi connectivity index (χ4n) is 7.20. The van der Waals surface area contributed by atoms with Crippen molar-refractivity contribution in [3.8, 4) is 28.5 Å². The Morgan fingerprint density at radius 2 is 1.72 bits per heavy atom. The zero-order valence-electron chi connectivity index (χ0n) is 29.0. The maximum Gasteiger partial charge on any atom is 0.373 e. The monoisotopic (exact) mass is 678 g/mol. The minimum atomic E-state index is -0.527. The third-order valence-corrected chi connectivity index (χ3v) is 9.98. The molecule has 2 saturated carbocycles. The second-order valence-corrected chi connectivity index (χ2v) is 13.1. The van der Waals surface area contributed by atoms with Crippen molar-refractivity contribution >= 4 is 35.4 Å². The Labute approximate surface area is 293 Å². The summed E-state index contributed by atoms with van der Waals surface area (Å²) >= 11 is 0. The summed E-state index contributed by atoms with van der Waals surface area (Å²) < 4.78 is 19.0. The van der Waals surface area contributed by atoms with E-state index in [0.717, 1.165) is 60.4 Å². The van der Waals surface area contributed by atoms with Gasteiger partial charge in [0.15, 0.2) is 5.78 Å². The SMILES string of the molecule is CC/C=C/c1ccc(CC(=O)C2(N)CCC2)cc1.COc1ccc2c(c1)OCCn1c-2c(C2CCCCC2)c2ccc(OC=O)cc21.O=C=O. The Morgan fingerprint density at radius 1 is 1.00 bits per heavy atom. The molecule has 262 valence electrons. The van der Waals surface area contributed by atoms with Gasteiger partial charge in [-0.3, -0.25) is 9.59 Å². The lowest BCUT2D eigenvalue weighted by atomic mass is 9.73. The lowest BCUT2D eigenvalue weighted by molar-refractivity contribution is -0.191. The van der Waals surface area contributed by atoms with Crippen LogP contribution >= 0.6 is 0 Å². The Balaban J connectivity index is 0.000000199. The highest BCUT2D eigenvalue weighted by Gasteiger charge is 2.39. The molecular weight excluding hydrogens is 632 g/mol. The second kappa shape index (κ2) is 17.1. The van der Waals surface area contributed by atoms with E-state index in [2.05, 4.69) is 47.9 Å². The number of hydrogen-bond donors (Lipinski definition) is 1. The molecule has 1 aromatic heterocycles. The molecule has 2 fully saturated rings. The predicted octanol–water partition coefficient (Wildman–Crippen LogP) is 7.81. The molecule has 2 heterocycles. The second-order valence-electron chi connectivity index (χ2n) is 13.1. The highest BCUT2D eigenvalue weighted by Crippen LogP contribution is 2.48. The quantitative estimate of drug-likeness (QED) is 0.178. The van der Waals surface area contributed by atoms with E-state index in [9.17, 15) is 9.59 Å². The molecule has 0 unspecified atom stereocenters. The van der Waals surface area contributed by atoms with Gasteiger partial charge in [-0.25, -0.2) is 0 Å². The zero-order chi connectivity index (χ0) is 35.5. The van der Waals surface area contributed by atoms with Gasteiger partial charge in [0.05, 0.1) is 30.4 Å². The largest absolute Gasteiger partial charge is 0.497 e. The highest BCUT2D eigenvalue weighted by atomic mass is 16.5. The smallest absolute Gasteiger partial charge is 0.373 e. The number of nitrogens with two attached hydrogens (primary N) is 1. The molecule has 0 atom stereocenters. The molecule has 9 heteroatoms. The van der Waals surface area contributed by atoms with E-state index in [4.69, 9.17) is 29.5 Å². The summed E-state index contributed by atoms with van der Waals surface area (Å²) in [5.41, 5.74) is 12.6. The van der Waals surface area contributed by atoms with Gasteiger partial charge in [-0.05, 0) is 85.4 Å². The van der Waals surface area contributed by atoms with Crippen LogP contribution in [0.5, 0.6) is 17.2 Å². The molecule has 3 aliphatic rings. The van der Waals surface area contributed by atoms with Gasteiger partial charge in [-0.2, -0.15) is 9.59 Å². The third kappa shape index (κ3) is 8.24. The number of ketones is 1. The number of Topliss-reactive ketones (excluding diaryl/α,β-unsaturated/α-hetero) is 1. The summed E-state index contributed by atoms with van der Waals surface area (Å²) in [4.78, 5) is 39.2. The van der Waals surface area contributed by atoms with Crippen LogP contribution in [0.2, 0.25) is 0 Å². The topological polar surface area (TPSA) is 127 Å². The number of nitrogens with zero attached hydrogens (tertiary/aromatic N) is 1. The Hall–Kier alpha value is -4.98. The van der Waals surface area contributed by atoms with Crippen molar-refractivity contribution in [2.45, 2.75) is 89.1 Å². The van der Waals surface area contributed by atoms with Gasteiger partial charge >= 0.3 is 6.15 Å². The van der Waals surface area contributed by atoms with Crippen molar-refractivity contribution < 1.29 is 33.4 Å². The van der Waals surface area contributed by atoms with E-state index >= 15 is 0 Å². The van der Waals surface area contributed by atoms with Gasteiger partial charge in [-0.15, -0.1) is 0 Å². The summed E-state index contributed by atoms with van der Waals surface area (Å²) in [5, 5.41) is 1.26. The molecule has 3 aromatic carbocycles. The fraction of sp³-hybridized carbons (Fsp3) is 0.390. The highest BCUT2D eigenvalue weighted by molar-refractivity contribution is 5.95. The normalized spacial score (nSPS) is 16.1. The van der Waals surface area contributed by atoms with Gasteiger partial charge < -0.3 is 24.5 Å². The van der Waals surface area contributed by atoms with Crippen LogP contribution in [-0.2, 0) is 32.1 Å².